The molecule has 3 rings (SSSR count). The number of nitrogens with two attached hydrogens (primary N) is 1. The van der Waals surface area contributed by atoms with Crippen molar-refractivity contribution >= 4 is 5.91 Å². The summed E-state index contributed by atoms with van der Waals surface area (Å²) in [6, 6.07) is 17.5. The lowest BCUT2D eigenvalue weighted by atomic mass is 9.93. The van der Waals surface area contributed by atoms with Gasteiger partial charge in [-0.05, 0) is 23.6 Å². The zero-order valence-corrected chi connectivity index (χ0v) is 13.1. The van der Waals surface area contributed by atoms with Gasteiger partial charge in [0.05, 0.1) is 6.61 Å². The Hall–Kier alpha value is -2.33. The molecule has 120 valence electrons. The second kappa shape index (κ2) is 7.29. The van der Waals surface area contributed by atoms with Gasteiger partial charge in [0.1, 0.15) is 5.75 Å². The van der Waals surface area contributed by atoms with Gasteiger partial charge >= 0.3 is 0 Å². The number of carbonyl (C=O) groups excluding carboxylic acids is 1. The third kappa shape index (κ3) is 3.90. The highest BCUT2D eigenvalue weighted by molar-refractivity contribution is 5.76. The number of rotatable bonds is 5. The molecular weight excluding hydrogens is 288 g/mol. The Morgan fingerprint density at radius 1 is 1.17 bits per heavy atom. The average molecular weight is 310 g/mol. The SMILES string of the molecule is NC(CC(=O)NCC1CCOc2ccccc21)c1ccccc1. The Morgan fingerprint density at radius 2 is 1.91 bits per heavy atom. The van der Waals surface area contributed by atoms with Gasteiger partial charge in [-0.2, -0.15) is 0 Å². The zero-order chi connectivity index (χ0) is 16.1. The molecule has 2 atom stereocenters. The fourth-order valence-corrected chi connectivity index (χ4v) is 2.95. The highest BCUT2D eigenvalue weighted by atomic mass is 16.5. The molecule has 0 radical (unpaired) electrons. The average Bonchev–Trinajstić information content (AvgIpc) is 2.60. The smallest absolute Gasteiger partial charge is 0.221 e. The Morgan fingerprint density at radius 3 is 2.74 bits per heavy atom. The molecule has 1 aliphatic heterocycles. The van der Waals surface area contributed by atoms with E-state index in [1.54, 1.807) is 0 Å². The van der Waals surface area contributed by atoms with Crippen molar-refractivity contribution in [2.75, 3.05) is 13.2 Å². The van der Waals surface area contributed by atoms with E-state index in [-0.39, 0.29) is 11.9 Å². The Labute approximate surface area is 136 Å². The van der Waals surface area contributed by atoms with Crippen LogP contribution in [-0.4, -0.2) is 19.1 Å². The quantitative estimate of drug-likeness (QED) is 0.892. The summed E-state index contributed by atoms with van der Waals surface area (Å²) in [6.07, 6.45) is 1.22. The van der Waals surface area contributed by atoms with Crippen molar-refractivity contribution in [1.29, 1.82) is 0 Å². The second-order valence-electron chi connectivity index (χ2n) is 5.90. The summed E-state index contributed by atoms with van der Waals surface area (Å²) in [4.78, 5) is 12.2. The number of carbonyl (C=O) groups is 1. The maximum Gasteiger partial charge on any atom is 0.221 e. The molecule has 23 heavy (non-hydrogen) atoms. The van der Waals surface area contributed by atoms with Crippen LogP contribution in [0.25, 0.3) is 0 Å². The van der Waals surface area contributed by atoms with Gasteiger partial charge in [-0.25, -0.2) is 0 Å². The number of amides is 1. The number of benzene rings is 2. The minimum atomic E-state index is -0.266. The molecule has 0 aromatic heterocycles. The minimum Gasteiger partial charge on any atom is -0.493 e. The van der Waals surface area contributed by atoms with E-state index >= 15 is 0 Å². The van der Waals surface area contributed by atoms with E-state index in [1.807, 2.05) is 48.5 Å². The number of fused-ring (bicyclic) bond motifs is 1. The third-order valence-electron chi connectivity index (χ3n) is 4.26. The van der Waals surface area contributed by atoms with Crippen molar-refractivity contribution in [2.45, 2.75) is 24.8 Å². The summed E-state index contributed by atoms with van der Waals surface area (Å²) >= 11 is 0. The van der Waals surface area contributed by atoms with Crippen molar-refractivity contribution in [3.8, 4) is 5.75 Å². The normalized spacial score (nSPS) is 17.7. The Kier molecular flexibility index (Phi) is 4.93. The van der Waals surface area contributed by atoms with Gasteiger partial charge in [-0.1, -0.05) is 48.5 Å². The van der Waals surface area contributed by atoms with Gasteiger partial charge in [-0.15, -0.1) is 0 Å². The summed E-state index contributed by atoms with van der Waals surface area (Å²) in [6.45, 7) is 1.32. The molecule has 2 aromatic carbocycles. The third-order valence-corrected chi connectivity index (χ3v) is 4.26. The van der Waals surface area contributed by atoms with Crippen LogP contribution in [0.15, 0.2) is 54.6 Å². The predicted molar refractivity (Wildman–Crippen MR) is 90.3 cm³/mol. The minimum absolute atomic E-state index is 0.00896. The first-order valence-corrected chi connectivity index (χ1v) is 8.03. The van der Waals surface area contributed by atoms with Crippen molar-refractivity contribution in [3.63, 3.8) is 0 Å². The van der Waals surface area contributed by atoms with E-state index in [0.29, 0.717) is 25.5 Å². The van der Waals surface area contributed by atoms with E-state index in [9.17, 15) is 4.79 Å². The lowest BCUT2D eigenvalue weighted by Crippen LogP contribution is -2.32. The fourth-order valence-electron chi connectivity index (χ4n) is 2.95. The van der Waals surface area contributed by atoms with Crippen LogP contribution >= 0.6 is 0 Å². The van der Waals surface area contributed by atoms with Crippen LogP contribution in [0.5, 0.6) is 5.75 Å². The van der Waals surface area contributed by atoms with Crippen LogP contribution in [0.1, 0.15) is 35.9 Å². The predicted octanol–water partition coefficient (Wildman–Crippen LogP) is 2.76. The molecule has 3 N–H and O–H groups in total. The largest absolute Gasteiger partial charge is 0.493 e. The van der Waals surface area contributed by atoms with Gasteiger partial charge in [-0.3, -0.25) is 4.79 Å². The van der Waals surface area contributed by atoms with Gasteiger partial charge in [0.15, 0.2) is 0 Å². The van der Waals surface area contributed by atoms with Crippen LogP contribution in [0.4, 0.5) is 0 Å². The summed E-state index contributed by atoms with van der Waals surface area (Å²) in [5.74, 6) is 1.22. The fraction of sp³-hybridized carbons (Fsp3) is 0.316. The Balaban J connectivity index is 1.54. The van der Waals surface area contributed by atoms with Crippen molar-refractivity contribution < 1.29 is 9.53 Å². The van der Waals surface area contributed by atoms with Gasteiger partial charge in [0.25, 0.3) is 0 Å². The zero-order valence-electron chi connectivity index (χ0n) is 13.1. The highest BCUT2D eigenvalue weighted by Gasteiger charge is 2.21. The Bertz CT molecular complexity index is 657. The number of hydrogen-bond acceptors (Lipinski definition) is 3. The monoisotopic (exact) mass is 310 g/mol. The highest BCUT2D eigenvalue weighted by Crippen LogP contribution is 2.32. The van der Waals surface area contributed by atoms with E-state index < -0.39 is 0 Å². The van der Waals surface area contributed by atoms with E-state index in [4.69, 9.17) is 10.5 Å². The molecule has 0 aliphatic carbocycles. The molecule has 4 heteroatoms. The van der Waals surface area contributed by atoms with Crippen LogP contribution in [0.2, 0.25) is 0 Å². The van der Waals surface area contributed by atoms with Crippen molar-refractivity contribution in [2.24, 2.45) is 5.73 Å². The van der Waals surface area contributed by atoms with E-state index in [0.717, 1.165) is 17.7 Å². The number of nitrogens with one attached hydrogen (secondary N) is 1. The van der Waals surface area contributed by atoms with Crippen LogP contribution in [-0.2, 0) is 4.79 Å². The lowest BCUT2D eigenvalue weighted by Gasteiger charge is -2.26. The molecule has 0 saturated heterocycles. The first-order valence-electron chi connectivity index (χ1n) is 8.03. The van der Waals surface area contributed by atoms with Crippen molar-refractivity contribution in [3.05, 3.63) is 65.7 Å². The molecule has 0 saturated carbocycles. The van der Waals surface area contributed by atoms with Crippen LogP contribution in [0, 0.1) is 0 Å². The lowest BCUT2D eigenvalue weighted by molar-refractivity contribution is -0.121. The maximum atomic E-state index is 12.2. The van der Waals surface area contributed by atoms with Gasteiger partial charge in [0, 0.05) is 24.9 Å². The van der Waals surface area contributed by atoms with Crippen LogP contribution in [0.3, 0.4) is 0 Å². The standard InChI is InChI=1S/C19H22N2O2/c20-17(14-6-2-1-3-7-14)12-19(22)21-13-15-10-11-23-18-9-5-4-8-16(15)18/h1-9,15,17H,10-13,20H2,(H,21,22). The maximum absolute atomic E-state index is 12.2. The number of para-hydroxylation sites is 1. The summed E-state index contributed by atoms with van der Waals surface area (Å²) in [5.41, 5.74) is 8.26. The van der Waals surface area contributed by atoms with Crippen molar-refractivity contribution in [1.82, 2.24) is 5.32 Å². The van der Waals surface area contributed by atoms with Crippen LogP contribution < -0.4 is 15.8 Å². The molecule has 0 spiro atoms. The first-order chi connectivity index (χ1) is 11.2. The molecule has 1 amide bonds. The molecular formula is C19H22N2O2. The molecule has 4 nitrogen and oxygen atoms in total. The molecule has 0 bridgehead atoms. The first kappa shape index (κ1) is 15.6. The molecule has 2 aromatic rings. The summed E-state index contributed by atoms with van der Waals surface area (Å²) < 4.78 is 5.65. The molecule has 1 aliphatic rings. The second-order valence-corrected chi connectivity index (χ2v) is 5.90. The topological polar surface area (TPSA) is 64.4 Å². The van der Waals surface area contributed by atoms with Gasteiger partial charge < -0.3 is 15.8 Å². The summed E-state index contributed by atoms with van der Waals surface area (Å²) in [7, 11) is 0. The van der Waals surface area contributed by atoms with E-state index in [2.05, 4.69) is 11.4 Å². The summed E-state index contributed by atoms with van der Waals surface area (Å²) in [5, 5.41) is 3.02. The molecule has 1 heterocycles. The number of hydrogen-bond donors (Lipinski definition) is 2. The molecule has 2 unspecified atom stereocenters. The van der Waals surface area contributed by atoms with Gasteiger partial charge in [0.2, 0.25) is 5.91 Å². The number of ether oxygens (including phenoxy) is 1. The van der Waals surface area contributed by atoms with E-state index in [1.165, 1.54) is 5.56 Å². The molecule has 0 fully saturated rings.